The second-order valence-electron chi connectivity index (χ2n) is 6.13. The van der Waals surface area contributed by atoms with Gasteiger partial charge in [-0.15, -0.1) is 0 Å². The van der Waals surface area contributed by atoms with Crippen LogP contribution in [0.3, 0.4) is 0 Å². The summed E-state index contributed by atoms with van der Waals surface area (Å²) in [6.45, 7) is 5.14. The number of fused-ring (bicyclic) bond motifs is 1. The van der Waals surface area contributed by atoms with Crippen LogP contribution >= 0.6 is 0 Å². The number of para-hydroxylation sites is 2. The summed E-state index contributed by atoms with van der Waals surface area (Å²) in [6, 6.07) is 11.1. The van der Waals surface area contributed by atoms with Crippen molar-refractivity contribution in [2.24, 2.45) is 0 Å². The SMILES string of the molecule is O=c1cccnn1CCN1CCN(c2cnc3ccccc3n2)CC1. The Kier molecular flexibility index (Phi) is 4.39. The zero-order valence-electron chi connectivity index (χ0n) is 14.0. The molecule has 3 heterocycles. The average Bonchev–Trinajstić information content (AvgIpc) is 2.67. The maximum atomic E-state index is 11.7. The van der Waals surface area contributed by atoms with E-state index in [0.29, 0.717) is 6.54 Å². The van der Waals surface area contributed by atoms with Crippen molar-refractivity contribution in [1.82, 2.24) is 24.6 Å². The molecule has 7 heteroatoms. The predicted octanol–water partition coefficient (Wildman–Crippen LogP) is 1.01. The Labute approximate surface area is 145 Å². The number of rotatable bonds is 4. The molecule has 0 spiro atoms. The highest BCUT2D eigenvalue weighted by molar-refractivity contribution is 5.75. The lowest BCUT2D eigenvalue weighted by molar-refractivity contribution is 0.242. The van der Waals surface area contributed by atoms with E-state index in [1.165, 1.54) is 4.68 Å². The van der Waals surface area contributed by atoms with Gasteiger partial charge in [-0.2, -0.15) is 5.10 Å². The molecule has 1 fully saturated rings. The van der Waals surface area contributed by atoms with Gasteiger partial charge in [-0.05, 0) is 18.2 Å². The van der Waals surface area contributed by atoms with Crippen molar-refractivity contribution in [3.63, 3.8) is 0 Å². The molecule has 3 aromatic rings. The first-order chi connectivity index (χ1) is 12.3. The molecule has 1 aromatic carbocycles. The Hall–Kier alpha value is -2.80. The van der Waals surface area contributed by atoms with E-state index in [2.05, 4.69) is 19.9 Å². The van der Waals surface area contributed by atoms with Gasteiger partial charge in [0.15, 0.2) is 0 Å². The van der Waals surface area contributed by atoms with Crippen molar-refractivity contribution in [3.05, 3.63) is 59.1 Å². The van der Waals surface area contributed by atoms with Crippen LogP contribution in [-0.4, -0.2) is 57.4 Å². The third-order valence-corrected chi connectivity index (χ3v) is 4.55. The van der Waals surface area contributed by atoms with E-state index in [-0.39, 0.29) is 5.56 Å². The van der Waals surface area contributed by atoms with Crippen molar-refractivity contribution >= 4 is 16.9 Å². The molecule has 1 saturated heterocycles. The lowest BCUT2D eigenvalue weighted by Crippen LogP contribution is -2.48. The van der Waals surface area contributed by atoms with Gasteiger partial charge in [-0.25, -0.2) is 9.67 Å². The van der Waals surface area contributed by atoms with Crippen LogP contribution in [0.4, 0.5) is 5.82 Å². The van der Waals surface area contributed by atoms with Gasteiger partial charge in [0.05, 0.1) is 23.8 Å². The van der Waals surface area contributed by atoms with Gasteiger partial charge in [0.2, 0.25) is 0 Å². The number of anilines is 1. The third-order valence-electron chi connectivity index (χ3n) is 4.55. The Bertz CT molecular complexity index is 916. The van der Waals surface area contributed by atoms with E-state index < -0.39 is 0 Å². The molecule has 4 rings (SSSR count). The molecule has 2 aromatic heterocycles. The highest BCUT2D eigenvalue weighted by Crippen LogP contribution is 2.16. The summed E-state index contributed by atoms with van der Waals surface area (Å²) in [5, 5.41) is 4.10. The first-order valence-corrected chi connectivity index (χ1v) is 8.51. The summed E-state index contributed by atoms with van der Waals surface area (Å²) >= 11 is 0. The number of benzene rings is 1. The molecule has 0 saturated carbocycles. The summed E-state index contributed by atoms with van der Waals surface area (Å²) in [6.07, 6.45) is 3.50. The van der Waals surface area contributed by atoms with Crippen LogP contribution < -0.4 is 10.5 Å². The molecule has 1 aliphatic rings. The zero-order chi connectivity index (χ0) is 17.1. The fourth-order valence-corrected chi connectivity index (χ4v) is 3.09. The number of aromatic nitrogens is 4. The molecule has 7 nitrogen and oxygen atoms in total. The summed E-state index contributed by atoms with van der Waals surface area (Å²) in [5.74, 6) is 0.930. The second kappa shape index (κ2) is 6.98. The summed E-state index contributed by atoms with van der Waals surface area (Å²) < 4.78 is 1.52. The summed E-state index contributed by atoms with van der Waals surface area (Å²) in [4.78, 5) is 25.5. The van der Waals surface area contributed by atoms with Crippen LogP contribution in [-0.2, 0) is 6.54 Å². The van der Waals surface area contributed by atoms with E-state index in [9.17, 15) is 4.79 Å². The second-order valence-corrected chi connectivity index (χ2v) is 6.13. The Morgan fingerprint density at radius 2 is 1.72 bits per heavy atom. The molecule has 25 heavy (non-hydrogen) atoms. The van der Waals surface area contributed by atoms with Gasteiger partial charge in [0.25, 0.3) is 5.56 Å². The molecule has 0 amide bonds. The fourth-order valence-electron chi connectivity index (χ4n) is 3.09. The monoisotopic (exact) mass is 336 g/mol. The van der Waals surface area contributed by atoms with Gasteiger partial charge in [0.1, 0.15) is 5.82 Å². The Balaban J connectivity index is 1.36. The van der Waals surface area contributed by atoms with Gasteiger partial charge >= 0.3 is 0 Å². The van der Waals surface area contributed by atoms with Crippen LogP contribution in [0.1, 0.15) is 0 Å². The Morgan fingerprint density at radius 1 is 0.920 bits per heavy atom. The molecule has 0 radical (unpaired) electrons. The number of hydrogen-bond acceptors (Lipinski definition) is 6. The molecular weight excluding hydrogens is 316 g/mol. The zero-order valence-corrected chi connectivity index (χ0v) is 14.0. The molecule has 0 N–H and O–H groups in total. The number of nitrogens with zero attached hydrogens (tertiary/aromatic N) is 6. The third kappa shape index (κ3) is 3.51. The largest absolute Gasteiger partial charge is 0.353 e. The topological polar surface area (TPSA) is 67.2 Å². The lowest BCUT2D eigenvalue weighted by Gasteiger charge is -2.35. The molecule has 0 atom stereocenters. The van der Waals surface area contributed by atoms with E-state index >= 15 is 0 Å². The molecule has 1 aliphatic heterocycles. The van der Waals surface area contributed by atoms with Crippen LogP contribution in [0.25, 0.3) is 11.0 Å². The van der Waals surface area contributed by atoms with Gasteiger partial charge in [-0.1, -0.05) is 12.1 Å². The summed E-state index contributed by atoms with van der Waals surface area (Å²) in [5.41, 5.74) is 1.80. The van der Waals surface area contributed by atoms with Gasteiger partial charge in [-0.3, -0.25) is 14.7 Å². The molecule has 0 aliphatic carbocycles. The predicted molar refractivity (Wildman–Crippen MR) is 96.7 cm³/mol. The van der Waals surface area contributed by atoms with Gasteiger partial charge in [0, 0.05) is 45.0 Å². The molecule has 0 bridgehead atoms. The van der Waals surface area contributed by atoms with Crippen molar-refractivity contribution in [3.8, 4) is 0 Å². The normalized spacial score (nSPS) is 15.6. The van der Waals surface area contributed by atoms with Crippen LogP contribution in [0.5, 0.6) is 0 Å². The first kappa shape index (κ1) is 15.7. The van der Waals surface area contributed by atoms with Crippen molar-refractivity contribution in [2.75, 3.05) is 37.6 Å². The highest BCUT2D eigenvalue weighted by atomic mass is 16.1. The number of hydrogen-bond donors (Lipinski definition) is 0. The Morgan fingerprint density at radius 3 is 2.52 bits per heavy atom. The van der Waals surface area contributed by atoms with E-state index in [4.69, 9.17) is 4.98 Å². The first-order valence-electron chi connectivity index (χ1n) is 8.51. The molecule has 128 valence electrons. The summed E-state index contributed by atoms with van der Waals surface area (Å²) in [7, 11) is 0. The minimum atomic E-state index is -0.0485. The maximum Gasteiger partial charge on any atom is 0.266 e. The highest BCUT2D eigenvalue weighted by Gasteiger charge is 2.18. The van der Waals surface area contributed by atoms with E-state index in [1.54, 1.807) is 18.3 Å². The number of piperazine rings is 1. The van der Waals surface area contributed by atoms with Crippen molar-refractivity contribution in [1.29, 1.82) is 0 Å². The maximum absolute atomic E-state index is 11.7. The van der Waals surface area contributed by atoms with E-state index in [0.717, 1.165) is 49.6 Å². The van der Waals surface area contributed by atoms with Crippen molar-refractivity contribution in [2.45, 2.75) is 6.54 Å². The van der Waals surface area contributed by atoms with Gasteiger partial charge < -0.3 is 4.90 Å². The molecule has 0 unspecified atom stereocenters. The minimum Gasteiger partial charge on any atom is -0.353 e. The minimum absolute atomic E-state index is 0.0485. The fraction of sp³-hybridized carbons (Fsp3) is 0.333. The van der Waals surface area contributed by atoms with Crippen molar-refractivity contribution < 1.29 is 0 Å². The average molecular weight is 336 g/mol. The smallest absolute Gasteiger partial charge is 0.266 e. The van der Waals surface area contributed by atoms with E-state index in [1.807, 2.05) is 30.5 Å². The standard InChI is InChI=1S/C18H20N6O/c25-18-6-3-7-20-24(18)13-10-22-8-11-23(12-9-22)17-14-19-15-4-1-2-5-16(15)21-17/h1-7,14H,8-13H2. The molecular formula is C18H20N6O. The quantitative estimate of drug-likeness (QED) is 0.708. The van der Waals surface area contributed by atoms with Crippen LogP contribution in [0, 0.1) is 0 Å². The van der Waals surface area contributed by atoms with Crippen LogP contribution in [0.2, 0.25) is 0 Å². The van der Waals surface area contributed by atoms with Crippen LogP contribution in [0.15, 0.2) is 53.6 Å². The lowest BCUT2D eigenvalue weighted by atomic mass is 10.3.